The largest absolute Gasteiger partial charge is 0.497 e. The van der Waals surface area contributed by atoms with Gasteiger partial charge in [-0.05, 0) is 48.4 Å². The highest BCUT2D eigenvalue weighted by Gasteiger charge is 2.21. The molecular weight excluding hydrogens is 382 g/mol. The van der Waals surface area contributed by atoms with Gasteiger partial charge in [-0.2, -0.15) is 10.1 Å². The Balaban J connectivity index is 1.77. The summed E-state index contributed by atoms with van der Waals surface area (Å²) in [5, 5.41) is 6.35. The van der Waals surface area contributed by atoms with Crippen molar-refractivity contribution in [1.82, 2.24) is 4.98 Å². The monoisotopic (exact) mass is 401 g/mol. The Morgan fingerprint density at radius 2 is 1.90 bits per heavy atom. The van der Waals surface area contributed by atoms with Crippen LogP contribution >= 0.6 is 11.3 Å². The molecule has 0 radical (unpaired) electrons. The van der Waals surface area contributed by atoms with E-state index >= 15 is 0 Å². The maximum atomic E-state index is 13.3. The van der Waals surface area contributed by atoms with Gasteiger partial charge < -0.3 is 4.74 Å². The van der Waals surface area contributed by atoms with E-state index in [1.165, 1.54) is 16.3 Å². The van der Waals surface area contributed by atoms with E-state index in [0.717, 1.165) is 21.3 Å². The Morgan fingerprint density at radius 3 is 2.69 bits per heavy atom. The van der Waals surface area contributed by atoms with Gasteiger partial charge in [0.15, 0.2) is 0 Å². The van der Waals surface area contributed by atoms with Gasteiger partial charge in [0.25, 0.3) is 5.91 Å². The predicted molar refractivity (Wildman–Crippen MR) is 118 cm³/mol. The summed E-state index contributed by atoms with van der Waals surface area (Å²) in [6.07, 6.45) is 1.66. The molecule has 0 aliphatic carbocycles. The maximum absolute atomic E-state index is 13.3. The van der Waals surface area contributed by atoms with Gasteiger partial charge in [-0.15, -0.1) is 0 Å². The van der Waals surface area contributed by atoms with Crippen LogP contribution in [0.1, 0.15) is 21.5 Å². The van der Waals surface area contributed by atoms with E-state index in [-0.39, 0.29) is 5.91 Å². The number of nitrogens with zero attached hydrogens (tertiary/aromatic N) is 3. The van der Waals surface area contributed by atoms with E-state index in [0.29, 0.717) is 16.4 Å². The van der Waals surface area contributed by atoms with Crippen molar-refractivity contribution in [3.8, 4) is 5.75 Å². The number of ether oxygens (including phenoxy) is 1. The molecule has 0 N–H and O–H groups in total. The highest BCUT2D eigenvalue weighted by Crippen LogP contribution is 2.31. The van der Waals surface area contributed by atoms with Gasteiger partial charge in [-0.25, -0.2) is 4.98 Å². The van der Waals surface area contributed by atoms with Crippen molar-refractivity contribution in [2.24, 2.45) is 5.10 Å². The number of carbonyl (C=O) groups is 1. The molecule has 0 bridgehead atoms. The molecule has 0 spiro atoms. The topological polar surface area (TPSA) is 54.8 Å². The van der Waals surface area contributed by atoms with Crippen molar-refractivity contribution in [3.05, 3.63) is 89.5 Å². The van der Waals surface area contributed by atoms with Crippen LogP contribution in [0.25, 0.3) is 10.2 Å². The molecule has 144 valence electrons. The number of hydrogen-bond acceptors (Lipinski definition) is 5. The van der Waals surface area contributed by atoms with Crippen LogP contribution in [-0.4, -0.2) is 24.2 Å². The van der Waals surface area contributed by atoms with Crippen LogP contribution in [0, 0.1) is 6.92 Å². The molecular formula is C23H19N3O2S. The first-order chi connectivity index (χ1) is 14.1. The first-order valence-corrected chi connectivity index (χ1v) is 9.90. The van der Waals surface area contributed by atoms with Crippen LogP contribution in [0.5, 0.6) is 5.75 Å². The molecule has 0 saturated carbocycles. The van der Waals surface area contributed by atoms with Crippen molar-refractivity contribution >= 4 is 38.8 Å². The molecule has 0 saturated heterocycles. The Hall–Kier alpha value is -3.51. The Morgan fingerprint density at radius 1 is 1.07 bits per heavy atom. The van der Waals surface area contributed by atoms with Crippen LogP contribution in [0.2, 0.25) is 0 Å². The molecule has 0 unspecified atom stereocenters. The molecule has 0 aliphatic rings. The van der Waals surface area contributed by atoms with E-state index in [2.05, 4.69) is 16.2 Å². The van der Waals surface area contributed by atoms with Gasteiger partial charge >= 0.3 is 0 Å². The summed E-state index contributed by atoms with van der Waals surface area (Å²) in [5.41, 5.74) is 3.36. The summed E-state index contributed by atoms with van der Waals surface area (Å²) in [6.45, 7) is 2.03. The van der Waals surface area contributed by atoms with Gasteiger partial charge in [0.05, 0.1) is 23.5 Å². The van der Waals surface area contributed by atoms with Crippen LogP contribution in [0.15, 0.2) is 77.9 Å². The van der Waals surface area contributed by atoms with Crippen LogP contribution in [0.4, 0.5) is 5.13 Å². The summed E-state index contributed by atoms with van der Waals surface area (Å²) in [6, 6.07) is 22.7. The first kappa shape index (κ1) is 18.8. The number of aromatic nitrogens is 1. The lowest BCUT2D eigenvalue weighted by molar-refractivity contribution is 0.0987. The molecule has 1 aromatic heterocycles. The fourth-order valence-corrected chi connectivity index (χ4v) is 3.86. The molecule has 5 nitrogen and oxygen atoms in total. The summed E-state index contributed by atoms with van der Waals surface area (Å²) < 4.78 is 6.27. The van der Waals surface area contributed by atoms with E-state index in [1.54, 1.807) is 37.6 Å². The molecule has 3 aromatic carbocycles. The number of hydrogen-bond donors (Lipinski definition) is 0. The first-order valence-electron chi connectivity index (χ1n) is 9.09. The summed E-state index contributed by atoms with van der Waals surface area (Å²) >= 11 is 1.44. The quantitative estimate of drug-likeness (QED) is 0.337. The molecule has 6 heteroatoms. The number of fused-ring (bicyclic) bond motifs is 1. The average molecular weight is 401 g/mol. The number of carbonyl (C=O) groups excluding carboxylic acids is 1. The molecule has 1 heterocycles. The zero-order valence-electron chi connectivity index (χ0n) is 16.1. The van der Waals surface area contributed by atoms with Gasteiger partial charge in [-0.1, -0.05) is 53.8 Å². The Labute approximate surface area is 172 Å². The summed E-state index contributed by atoms with van der Waals surface area (Å²) in [7, 11) is 1.57. The van der Waals surface area contributed by atoms with Crippen molar-refractivity contribution in [3.63, 3.8) is 0 Å². The highest BCUT2D eigenvalue weighted by molar-refractivity contribution is 7.22. The highest BCUT2D eigenvalue weighted by atomic mass is 32.1. The smallest absolute Gasteiger partial charge is 0.280 e. The van der Waals surface area contributed by atoms with E-state index in [9.17, 15) is 4.79 Å². The lowest BCUT2D eigenvalue weighted by atomic mass is 10.2. The van der Waals surface area contributed by atoms with Crippen molar-refractivity contribution < 1.29 is 9.53 Å². The van der Waals surface area contributed by atoms with Crippen molar-refractivity contribution in [2.45, 2.75) is 6.92 Å². The molecule has 0 fully saturated rings. The molecule has 4 rings (SSSR count). The Kier molecular flexibility index (Phi) is 5.35. The fraction of sp³-hybridized carbons (Fsp3) is 0.0870. The second-order valence-corrected chi connectivity index (χ2v) is 7.48. The number of methoxy groups -OCH3 is 1. The third-order valence-electron chi connectivity index (χ3n) is 4.34. The van der Waals surface area contributed by atoms with Crippen LogP contribution in [-0.2, 0) is 0 Å². The third kappa shape index (κ3) is 4.17. The van der Waals surface area contributed by atoms with Gasteiger partial charge in [0.2, 0.25) is 5.13 Å². The minimum atomic E-state index is -0.271. The summed E-state index contributed by atoms with van der Waals surface area (Å²) in [5.74, 6) is 0.342. The van der Waals surface area contributed by atoms with Gasteiger partial charge in [-0.3, -0.25) is 4.79 Å². The van der Waals surface area contributed by atoms with Crippen molar-refractivity contribution in [1.29, 1.82) is 0 Å². The fourth-order valence-electron chi connectivity index (χ4n) is 2.84. The Bertz CT molecular complexity index is 1190. The molecule has 1 amide bonds. The standard InChI is InChI=1S/C23H19N3O2S/c1-16-11-12-20-21(13-16)29-23(25-20)26(24-15-17-7-4-3-5-8-17)22(27)18-9-6-10-19(14-18)28-2/h3-15H,1-2H3/b24-15+. The molecule has 29 heavy (non-hydrogen) atoms. The van der Waals surface area contributed by atoms with Gasteiger partial charge in [0, 0.05) is 5.56 Å². The second kappa shape index (κ2) is 8.24. The zero-order chi connectivity index (χ0) is 20.2. The normalized spacial score (nSPS) is 11.1. The van der Waals surface area contributed by atoms with Crippen molar-refractivity contribution in [2.75, 3.05) is 12.1 Å². The van der Waals surface area contributed by atoms with E-state index < -0.39 is 0 Å². The summed E-state index contributed by atoms with van der Waals surface area (Å²) in [4.78, 5) is 17.9. The molecule has 0 atom stereocenters. The molecule has 4 aromatic rings. The number of anilines is 1. The van der Waals surface area contributed by atoms with Gasteiger partial charge in [0.1, 0.15) is 5.75 Å². The van der Waals surface area contributed by atoms with Crippen LogP contribution in [0.3, 0.4) is 0 Å². The minimum Gasteiger partial charge on any atom is -0.497 e. The third-order valence-corrected chi connectivity index (χ3v) is 5.34. The number of hydrazone groups is 1. The minimum absolute atomic E-state index is 0.271. The number of rotatable bonds is 5. The second-order valence-electron chi connectivity index (χ2n) is 6.47. The maximum Gasteiger partial charge on any atom is 0.280 e. The van der Waals surface area contributed by atoms with E-state index in [1.807, 2.05) is 49.4 Å². The number of benzene rings is 3. The lowest BCUT2D eigenvalue weighted by Gasteiger charge is -2.14. The molecule has 0 aliphatic heterocycles. The number of thiazole rings is 1. The zero-order valence-corrected chi connectivity index (χ0v) is 16.9. The van der Waals surface area contributed by atoms with Crippen LogP contribution < -0.4 is 9.75 Å². The number of amides is 1. The lowest BCUT2D eigenvalue weighted by Crippen LogP contribution is -2.25. The SMILES string of the molecule is COc1cccc(C(=O)N(/N=C/c2ccccc2)c2nc3ccc(C)cc3s2)c1. The van der Waals surface area contributed by atoms with E-state index in [4.69, 9.17) is 4.74 Å². The predicted octanol–water partition coefficient (Wildman–Crippen LogP) is 5.29. The average Bonchev–Trinajstić information content (AvgIpc) is 3.17. The number of aryl methyl sites for hydroxylation is 1.